The molecule has 0 amide bonds. The van der Waals surface area contributed by atoms with E-state index in [1.54, 1.807) is 0 Å². The Kier molecular flexibility index (Phi) is 3.02. The highest BCUT2D eigenvalue weighted by Gasteiger charge is 1.86. The van der Waals surface area contributed by atoms with E-state index in [9.17, 15) is 5.11 Å². The van der Waals surface area contributed by atoms with E-state index in [-0.39, 0.29) is 5.88 Å². The molecule has 0 fully saturated rings. The summed E-state index contributed by atoms with van der Waals surface area (Å²) in [4.78, 5) is 0. The van der Waals surface area contributed by atoms with Crippen molar-refractivity contribution in [3.05, 3.63) is 46.3 Å². The van der Waals surface area contributed by atoms with Gasteiger partial charge in [0.05, 0.1) is 5.88 Å². The van der Waals surface area contributed by atoms with Gasteiger partial charge in [-0.05, 0) is 11.6 Å². The lowest BCUT2D eigenvalue weighted by molar-refractivity contribution is -0.302. The molecule has 0 spiro atoms. The van der Waals surface area contributed by atoms with Crippen LogP contribution in [0.5, 0.6) is 0 Å². The van der Waals surface area contributed by atoms with Crippen molar-refractivity contribution >= 4 is 6.08 Å². The highest BCUT2D eigenvalue weighted by atomic mass is 16.5. The van der Waals surface area contributed by atoms with Crippen molar-refractivity contribution in [2.75, 3.05) is 7.11 Å². The van der Waals surface area contributed by atoms with Gasteiger partial charge >= 0.3 is 0 Å². The molecule has 0 N–H and O–H groups in total. The van der Waals surface area contributed by atoms with Crippen LogP contribution in [0.3, 0.4) is 0 Å². The molecule has 0 aliphatic rings. The van der Waals surface area contributed by atoms with Crippen LogP contribution in [-0.4, -0.2) is 7.11 Å². The molecule has 3 nitrogen and oxygen atoms in total. The molecule has 0 saturated heterocycles. The van der Waals surface area contributed by atoms with Gasteiger partial charge in [0, 0.05) is 0 Å². The third kappa shape index (κ3) is 2.54. The Morgan fingerprint density at radius 3 is 2.67 bits per heavy atom. The fourth-order valence-corrected chi connectivity index (χ4v) is 0.808. The van der Waals surface area contributed by atoms with E-state index in [0.717, 1.165) is 5.56 Å². The second kappa shape index (κ2) is 4.28. The molecule has 0 radical (unpaired) electrons. The summed E-state index contributed by atoms with van der Waals surface area (Å²) in [6, 6.07) is 9.24. The highest BCUT2D eigenvalue weighted by molar-refractivity contribution is 5.49. The first-order valence-electron chi connectivity index (χ1n) is 3.51. The summed E-state index contributed by atoms with van der Waals surface area (Å²) < 4.78 is 4.32. The van der Waals surface area contributed by atoms with Crippen molar-refractivity contribution in [2.24, 2.45) is 5.18 Å². The summed E-state index contributed by atoms with van der Waals surface area (Å²) in [5.74, 6) is -0.385. The normalized spacial score (nSPS) is 12.2. The summed E-state index contributed by atoms with van der Waals surface area (Å²) in [6.07, 6.45) is 1.41. The molecule has 1 rings (SSSR count). The largest absolute Gasteiger partial charge is 0.853 e. The maximum atomic E-state index is 10.9. The lowest BCUT2D eigenvalue weighted by atomic mass is 10.2. The fraction of sp³-hybridized carbons (Fsp3) is 0.111. The monoisotopic (exact) mass is 163 g/mol. The van der Waals surface area contributed by atoms with Crippen LogP contribution in [-0.2, 0) is 0 Å². The Labute approximate surface area is 70.6 Å². The Morgan fingerprint density at radius 2 is 2.08 bits per heavy atom. The number of nitroso groups, excluding NO2 is 1. The molecule has 0 aromatic heterocycles. The molecule has 0 aliphatic carbocycles. The van der Waals surface area contributed by atoms with Crippen LogP contribution in [0.2, 0.25) is 0 Å². The van der Waals surface area contributed by atoms with Crippen molar-refractivity contribution in [1.82, 2.24) is 0 Å². The van der Waals surface area contributed by atoms with Gasteiger partial charge in [0.25, 0.3) is 7.11 Å². The molecule has 0 saturated carbocycles. The van der Waals surface area contributed by atoms with Gasteiger partial charge in [-0.1, -0.05) is 30.3 Å². The Bertz CT molecular complexity index is 291. The van der Waals surface area contributed by atoms with E-state index in [0.29, 0.717) is 0 Å². The molecular formula is C9H9NO2. The average Bonchev–Trinajstić information content (AvgIpc) is 2.06. The maximum absolute atomic E-state index is 10.9. The zero-order valence-corrected chi connectivity index (χ0v) is 6.73. The first-order valence-corrected chi connectivity index (χ1v) is 3.51. The minimum atomic E-state index is -0.385. The summed E-state index contributed by atoms with van der Waals surface area (Å²) in [5, 5.41) is 14.1. The van der Waals surface area contributed by atoms with Gasteiger partial charge in [-0.25, -0.2) is 0 Å². The van der Waals surface area contributed by atoms with Crippen LogP contribution in [0.1, 0.15) is 5.56 Å². The van der Waals surface area contributed by atoms with E-state index in [1.807, 2.05) is 30.3 Å². The van der Waals surface area contributed by atoms with Crippen molar-refractivity contribution in [1.29, 1.82) is 0 Å². The molecule has 0 aliphatic heterocycles. The summed E-state index contributed by atoms with van der Waals surface area (Å²) in [5.41, 5.74) is 0.823. The minimum absolute atomic E-state index is 0.385. The van der Waals surface area contributed by atoms with Crippen molar-refractivity contribution in [3.63, 3.8) is 0 Å². The predicted octanol–water partition coefficient (Wildman–Crippen LogP) is 1.28. The average molecular weight is 163 g/mol. The second-order valence-corrected chi connectivity index (χ2v) is 2.17. The van der Waals surface area contributed by atoms with Gasteiger partial charge in [0.15, 0.2) is 0 Å². The Balaban J connectivity index is 2.81. The second-order valence-electron chi connectivity index (χ2n) is 2.17. The van der Waals surface area contributed by atoms with E-state index < -0.39 is 0 Å². The SMILES string of the molecule is C[O+]=N/C([O-])=C/c1ccccc1. The van der Waals surface area contributed by atoms with Crippen LogP contribution in [0.15, 0.2) is 41.4 Å². The van der Waals surface area contributed by atoms with Crippen molar-refractivity contribution < 1.29 is 5.11 Å². The molecule has 3 heteroatoms. The van der Waals surface area contributed by atoms with Crippen LogP contribution >= 0.6 is 0 Å². The van der Waals surface area contributed by atoms with Crippen molar-refractivity contribution in [3.8, 4) is 0 Å². The fourth-order valence-electron chi connectivity index (χ4n) is 0.808. The van der Waals surface area contributed by atoms with Gasteiger partial charge in [-0.15, -0.1) is 4.54 Å². The van der Waals surface area contributed by atoms with Crippen LogP contribution < -0.4 is 5.11 Å². The standard InChI is InChI=1S/C9H9NO2/c1-12-10-9(11)7-8-5-3-2-4-6-8/h2-7H,1H3/b9-7-. The minimum Gasteiger partial charge on any atom is -0.853 e. The van der Waals surface area contributed by atoms with E-state index in [1.165, 1.54) is 13.2 Å². The lowest BCUT2D eigenvalue weighted by Gasteiger charge is -1.96. The molecule has 12 heavy (non-hydrogen) atoms. The number of nitrogens with zero attached hydrogens (tertiary/aromatic N) is 1. The highest BCUT2D eigenvalue weighted by Crippen LogP contribution is 2.02. The smallest absolute Gasteiger partial charge is 0.297 e. The van der Waals surface area contributed by atoms with E-state index in [2.05, 4.69) is 9.71 Å². The number of hydrogen-bond acceptors (Lipinski definition) is 2. The van der Waals surface area contributed by atoms with Crippen LogP contribution in [0.25, 0.3) is 6.08 Å². The van der Waals surface area contributed by atoms with Crippen LogP contribution in [0.4, 0.5) is 0 Å². The molecule has 0 unspecified atom stereocenters. The number of benzene rings is 1. The molecule has 1 aromatic carbocycles. The van der Waals surface area contributed by atoms with Gasteiger partial charge in [0.1, 0.15) is 5.18 Å². The first kappa shape index (κ1) is 8.46. The summed E-state index contributed by atoms with van der Waals surface area (Å²) in [6.45, 7) is 0. The Hall–Kier alpha value is -1.64. The topological polar surface area (TPSA) is 46.7 Å². The molecule has 0 bridgehead atoms. The lowest BCUT2D eigenvalue weighted by Crippen LogP contribution is -1.98. The first-order chi connectivity index (χ1) is 5.83. The molecule has 1 aromatic rings. The zero-order valence-electron chi connectivity index (χ0n) is 6.73. The predicted molar refractivity (Wildman–Crippen MR) is 46.1 cm³/mol. The number of hydrogen-bond donors (Lipinski definition) is 0. The quantitative estimate of drug-likeness (QED) is 0.478. The molecular weight excluding hydrogens is 154 g/mol. The van der Waals surface area contributed by atoms with Crippen molar-refractivity contribution in [2.45, 2.75) is 0 Å². The molecule has 0 heterocycles. The third-order valence-corrected chi connectivity index (χ3v) is 1.27. The maximum Gasteiger partial charge on any atom is 0.297 e. The summed E-state index contributed by atoms with van der Waals surface area (Å²) in [7, 11) is 1.34. The van der Waals surface area contributed by atoms with E-state index in [4.69, 9.17) is 0 Å². The number of rotatable bonds is 2. The van der Waals surface area contributed by atoms with Gasteiger partial charge in [-0.2, -0.15) is 0 Å². The Morgan fingerprint density at radius 1 is 1.42 bits per heavy atom. The van der Waals surface area contributed by atoms with Gasteiger partial charge in [0.2, 0.25) is 0 Å². The third-order valence-electron chi connectivity index (χ3n) is 1.27. The summed E-state index contributed by atoms with van der Waals surface area (Å²) >= 11 is 0. The molecule has 0 atom stereocenters. The van der Waals surface area contributed by atoms with Gasteiger partial charge < -0.3 is 5.11 Å². The molecule has 62 valence electrons. The zero-order chi connectivity index (χ0) is 8.81. The van der Waals surface area contributed by atoms with Gasteiger partial charge in [-0.3, -0.25) is 0 Å². The van der Waals surface area contributed by atoms with E-state index >= 15 is 0 Å². The van der Waals surface area contributed by atoms with Crippen LogP contribution in [0, 0.1) is 4.54 Å².